The fourth-order valence-electron chi connectivity index (χ4n) is 1.75. The molecule has 0 radical (unpaired) electrons. The topological polar surface area (TPSA) is 60.0 Å². The van der Waals surface area contributed by atoms with Gasteiger partial charge in [0.15, 0.2) is 0 Å². The van der Waals surface area contributed by atoms with Crippen molar-refractivity contribution in [2.45, 2.75) is 12.7 Å². The summed E-state index contributed by atoms with van der Waals surface area (Å²) in [7, 11) is 0. The van der Waals surface area contributed by atoms with Crippen molar-refractivity contribution in [3.63, 3.8) is 0 Å². The van der Waals surface area contributed by atoms with Gasteiger partial charge in [0.05, 0.1) is 11.4 Å². The van der Waals surface area contributed by atoms with Gasteiger partial charge in [-0.25, -0.2) is 0 Å². The van der Waals surface area contributed by atoms with Crippen molar-refractivity contribution in [3.05, 3.63) is 48.3 Å². The van der Waals surface area contributed by atoms with Crippen LogP contribution in [-0.2, 0) is 6.54 Å². The lowest BCUT2D eigenvalue weighted by Crippen LogP contribution is -2.23. The highest BCUT2D eigenvalue weighted by Gasteiger charge is 2.29. The molecule has 106 valence electrons. The number of para-hydroxylation sites is 2. The molecular weight excluding hydrogens is 271 g/mol. The quantitative estimate of drug-likeness (QED) is 0.851. The van der Waals surface area contributed by atoms with Gasteiger partial charge >= 0.3 is 6.18 Å². The minimum Gasteiger partial charge on any atom is -0.397 e. The average Bonchev–Trinajstić information content (AvgIpc) is 2.77. The predicted molar refractivity (Wildman–Crippen MR) is 69.3 cm³/mol. The standard InChI is InChI=1S/C13H12F3N3O/c14-13(15,16)8-19-7-3-6-11(19)12(20)18-10-5-2-1-4-9(10)17/h1-7H,8,17H2,(H,18,20). The molecule has 0 aliphatic heterocycles. The second-order valence-electron chi connectivity index (χ2n) is 4.18. The molecule has 4 nitrogen and oxygen atoms in total. The van der Waals surface area contributed by atoms with E-state index >= 15 is 0 Å². The van der Waals surface area contributed by atoms with Crippen LogP contribution >= 0.6 is 0 Å². The first-order valence-corrected chi connectivity index (χ1v) is 5.74. The molecule has 0 aliphatic rings. The molecule has 1 heterocycles. The van der Waals surface area contributed by atoms with Crippen molar-refractivity contribution in [3.8, 4) is 0 Å². The van der Waals surface area contributed by atoms with Crippen LogP contribution in [0, 0.1) is 0 Å². The summed E-state index contributed by atoms with van der Waals surface area (Å²) in [6, 6.07) is 9.22. The fraction of sp³-hybridized carbons (Fsp3) is 0.154. The monoisotopic (exact) mass is 283 g/mol. The third kappa shape index (κ3) is 3.31. The Bertz CT molecular complexity index is 619. The molecule has 0 saturated heterocycles. The van der Waals surface area contributed by atoms with Crippen LogP contribution in [0.15, 0.2) is 42.6 Å². The number of carbonyl (C=O) groups is 1. The summed E-state index contributed by atoms with van der Waals surface area (Å²) >= 11 is 0. The highest BCUT2D eigenvalue weighted by molar-refractivity contribution is 6.04. The SMILES string of the molecule is Nc1ccccc1NC(=O)c1cccn1CC(F)(F)F. The van der Waals surface area contributed by atoms with E-state index in [2.05, 4.69) is 5.32 Å². The van der Waals surface area contributed by atoms with Gasteiger partial charge in [0.2, 0.25) is 0 Å². The molecule has 1 amide bonds. The van der Waals surface area contributed by atoms with Gasteiger partial charge in [-0.3, -0.25) is 4.79 Å². The van der Waals surface area contributed by atoms with E-state index in [9.17, 15) is 18.0 Å². The highest BCUT2D eigenvalue weighted by atomic mass is 19.4. The van der Waals surface area contributed by atoms with Crippen molar-refractivity contribution >= 4 is 17.3 Å². The zero-order chi connectivity index (χ0) is 14.8. The second-order valence-corrected chi connectivity index (χ2v) is 4.18. The maximum Gasteiger partial charge on any atom is 0.406 e. The summed E-state index contributed by atoms with van der Waals surface area (Å²) in [5, 5.41) is 2.49. The lowest BCUT2D eigenvalue weighted by atomic mass is 10.2. The first kappa shape index (κ1) is 14.0. The van der Waals surface area contributed by atoms with E-state index in [1.54, 1.807) is 24.3 Å². The van der Waals surface area contributed by atoms with E-state index in [0.29, 0.717) is 11.4 Å². The van der Waals surface area contributed by atoms with Gasteiger partial charge in [0.25, 0.3) is 5.91 Å². The molecule has 0 fully saturated rings. The number of nitrogen functional groups attached to an aromatic ring is 1. The summed E-state index contributed by atoms with van der Waals surface area (Å²) in [5.41, 5.74) is 6.28. The molecule has 0 aliphatic carbocycles. The highest BCUT2D eigenvalue weighted by Crippen LogP contribution is 2.21. The summed E-state index contributed by atoms with van der Waals surface area (Å²) in [6.45, 7) is -1.22. The third-order valence-electron chi connectivity index (χ3n) is 2.62. The summed E-state index contributed by atoms with van der Waals surface area (Å²) < 4.78 is 38.0. The number of anilines is 2. The van der Waals surface area contributed by atoms with Crippen molar-refractivity contribution in [2.75, 3.05) is 11.1 Å². The van der Waals surface area contributed by atoms with Crippen LogP contribution in [0.4, 0.5) is 24.5 Å². The molecule has 20 heavy (non-hydrogen) atoms. The Labute approximate surface area is 113 Å². The molecule has 0 unspecified atom stereocenters. The van der Waals surface area contributed by atoms with E-state index < -0.39 is 18.6 Å². The zero-order valence-corrected chi connectivity index (χ0v) is 10.3. The van der Waals surface area contributed by atoms with Gasteiger partial charge in [-0.2, -0.15) is 13.2 Å². The Kier molecular flexibility index (Phi) is 3.69. The number of benzene rings is 1. The predicted octanol–water partition coefficient (Wildman–Crippen LogP) is 2.88. The molecule has 1 aromatic carbocycles. The number of carbonyl (C=O) groups excluding carboxylic acids is 1. The molecule has 0 atom stereocenters. The van der Waals surface area contributed by atoms with Crippen LogP contribution in [0.5, 0.6) is 0 Å². The first-order chi connectivity index (χ1) is 9.37. The Morgan fingerprint density at radius 1 is 1.20 bits per heavy atom. The van der Waals surface area contributed by atoms with E-state index in [1.807, 2.05) is 0 Å². The normalized spacial score (nSPS) is 11.3. The minimum atomic E-state index is -4.39. The summed E-state index contributed by atoms with van der Waals surface area (Å²) in [6.07, 6.45) is -3.18. The summed E-state index contributed by atoms with van der Waals surface area (Å²) in [4.78, 5) is 12.0. The number of alkyl halides is 3. The minimum absolute atomic E-state index is 0.0782. The van der Waals surface area contributed by atoms with Crippen molar-refractivity contribution in [1.82, 2.24) is 4.57 Å². The van der Waals surface area contributed by atoms with E-state index in [0.717, 1.165) is 4.57 Å². The molecule has 0 spiro atoms. The molecule has 3 N–H and O–H groups in total. The zero-order valence-electron chi connectivity index (χ0n) is 10.3. The number of hydrogen-bond donors (Lipinski definition) is 2. The molecule has 1 aromatic heterocycles. The number of rotatable bonds is 3. The van der Waals surface area contributed by atoms with Crippen LogP contribution in [0.25, 0.3) is 0 Å². The Balaban J connectivity index is 2.19. The average molecular weight is 283 g/mol. The van der Waals surface area contributed by atoms with Crippen molar-refractivity contribution in [2.24, 2.45) is 0 Å². The molecular formula is C13H12F3N3O. The number of aromatic nitrogens is 1. The van der Waals surface area contributed by atoms with Gasteiger partial charge in [-0.15, -0.1) is 0 Å². The largest absolute Gasteiger partial charge is 0.406 e. The lowest BCUT2D eigenvalue weighted by Gasteiger charge is -2.12. The first-order valence-electron chi connectivity index (χ1n) is 5.74. The number of nitrogens with one attached hydrogen (secondary N) is 1. The molecule has 2 aromatic rings. The maximum atomic E-state index is 12.4. The van der Waals surface area contributed by atoms with Gasteiger partial charge in [-0.1, -0.05) is 12.1 Å². The van der Waals surface area contributed by atoms with Crippen LogP contribution < -0.4 is 11.1 Å². The van der Waals surface area contributed by atoms with Gasteiger partial charge < -0.3 is 15.6 Å². The van der Waals surface area contributed by atoms with Crippen molar-refractivity contribution < 1.29 is 18.0 Å². The molecule has 7 heteroatoms. The number of amides is 1. The third-order valence-corrected chi connectivity index (χ3v) is 2.62. The van der Waals surface area contributed by atoms with Crippen LogP contribution in [0.2, 0.25) is 0 Å². The molecule has 0 bridgehead atoms. The Hall–Kier alpha value is -2.44. The number of nitrogens with two attached hydrogens (primary N) is 1. The van der Waals surface area contributed by atoms with E-state index in [4.69, 9.17) is 5.73 Å². The fourth-order valence-corrected chi connectivity index (χ4v) is 1.75. The molecule has 0 saturated carbocycles. The van der Waals surface area contributed by atoms with Crippen LogP contribution in [0.3, 0.4) is 0 Å². The lowest BCUT2D eigenvalue weighted by molar-refractivity contribution is -0.140. The van der Waals surface area contributed by atoms with Crippen LogP contribution in [-0.4, -0.2) is 16.7 Å². The number of hydrogen-bond acceptors (Lipinski definition) is 2. The number of nitrogens with zero attached hydrogens (tertiary/aromatic N) is 1. The van der Waals surface area contributed by atoms with Crippen molar-refractivity contribution in [1.29, 1.82) is 0 Å². The van der Waals surface area contributed by atoms with Crippen LogP contribution in [0.1, 0.15) is 10.5 Å². The Morgan fingerprint density at radius 2 is 1.90 bits per heavy atom. The smallest absolute Gasteiger partial charge is 0.397 e. The van der Waals surface area contributed by atoms with Gasteiger partial charge in [-0.05, 0) is 24.3 Å². The molecule has 2 rings (SSSR count). The van der Waals surface area contributed by atoms with E-state index in [-0.39, 0.29) is 5.69 Å². The Morgan fingerprint density at radius 3 is 2.55 bits per heavy atom. The van der Waals surface area contributed by atoms with Gasteiger partial charge in [0.1, 0.15) is 12.2 Å². The maximum absolute atomic E-state index is 12.4. The van der Waals surface area contributed by atoms with Gasteiger partial charge in [0, 0.05) is 6.20 Å². The second kappa shape index (κ2) is 5.28. The number of halogens is 3. The summed E-state index contributed by atoms with van der Waals surface area (Å²) in [5.74, 6) is -0.642. The van der Waals surface area contributed by atoms with E-state index in [1.165, 1.54) is 18.3 Å².